The molecule has 0 spiro atoms. The highest BCUT2D eigenvalue weighted by atomic mass is 16.2. The summed E-state index contributed by atoms with van der Waals surface area (Å²) in [5.74, 6) is -0.117. The van der Waals surface area contributed by atoms with Crippen LogP contribution in [0.4, 0.5) is 5.69 Å². The maximum Gasteiger partial charge on any atom is 0.255 e. The van der Waals surface area contributed by atoms with E-state index in [4.69, 9.17) is 0 Å². The Morgan fingerprint density at radius 1 is 0.955 bits per heavy atom. The lowest BCUT2D eigenvalue weighted by atomic mass is 10.1. The fourth-order valence-electron chi connectivity index (χ4n) is 2.45. The highest BCUT2D eigenvalue weighted by Crippen LogP contribution is 2.25. The van der Waals surface area contributed by atoms with Crippen LogP contribution in [-0.2, 0) is 0 Å². The molecule has 6 nitrogen and oxygen atoms in total. The molecule has 2 N–H and O–H groups in total. The van der Waals surface area contributed by atoms with Gasteiger partial charge in [-0.15, -0.1) is 5.10 Å². The van der Waals surface area contributed by atoms with Crippen LogP contribution < -0.4 is 10.6 Å². The third-order valence-electron chi connectivity index (χ3n) is 3.54. The summed E-state index contributed by atoms with van der Waals surface area (Å²) in [5, 5.41) is 14.8. The number of carbonyl (C=O) groups is 1. The van der Waals surface area contributed by atoms with E-state index >= 15 is 0 Å². The van der Waals surface area contributed by atoms with E-state index in [9.17, 15) is 4.79 Å². The van der Waals surface area contributed by atoms with Gasteiger partial charge in [0.1, 0.15) is 11.9 Å². The van der Waals surface area contributed by atoms with E-state index in [1.165, 1.54) is 0 Å². The van der Waals surface area contributed by atoms with Crippen LogP contribution >= 0.6 is 0 Å². The fraction of sp³-hybridized carbons (Fsp3) is 0.0625. The second kappa shape index (κ2) is 5.00. The Morgan fingerprint density at radius 2 is 1.73 bits per heavy atom. The van der Waals surface area contributed by atoms with Crippen molar-refractivity contribution in [3.05, 3.63) is 72.1 Å². The summed E-state index contributed by atoms with van der Waals surface area (Å²) in [6, 6.07) is 17.0. The summed E-state index contributed by atoms with van der Waals surface area (Å²) in [7, 11) is 0. The van der Waals surface area contributed by atoms with Gasteiger partial charge >= 0.3 is 0 Å². The lowest BCUT2D eigenvalue weighted by molar-refractivity contribution is 0.0935. The Balaban J connectivity index is 1.64. The summed E-state index contributed by atoms with van der Waals surface area (Å²) < 4.78 is 0. The van der Waals surface area contributed by atoms with E-state index in [1.54, 1.807) is 17.1 Å². The number of hydrogen-bond acceptors (Lipinski definition) is 4. The van der Waals surface area contributed by atoms with Crippen LogP contribution in [0.15, 0.2) is 60.8 Å². The molecule has 0 saturated heterocycles. The fourth-order valence-corrected chi connectivity index (χ4v) is 2.45. The Morgan fingerprint density at radius 3 is 2.59 bits per heavy atom. The number of benzene rings is 2. The minimum atomic E-state index is -0.389. The van der Waals surface area contributed by atoms with Crippen LogP contribution in [0, 0.1) is 0 Å². The van der Waals surface area contributed by atoms with E-state index < -0.39 is 0 Å². The van der Waals surface area contributed by atoms with Crippen molar-refractivity contribution in [3.8, 4) is 5.69 Å². The number of fused-ring (bicyclic) bond motifs is 1. The lowest BCUT2D eigenvalue weighted by Crippen LogP contribution is -2.38. The molecule has 1 atom stereocenters. The number of aromatic nitrogens is 3. The predicted octanol–water partition coefficient (Wildman–Crippen LogP) is 2.12. The molecule has 1 aliphatic rings. The molecule has 2 aromatic carbocycles. The van der Waals surface area contributed by atoms with Gasteiger partial charge in [0.25, 0.3) is 5.91 Å². The van der Waals surface area contributed by atoms with Gasteiger partial charge < -0.3 is 10.6 Å². The molecule has 0 fully saturated rings. The van der Waals surface area contributed by atoms with Crippen molar-refractivity contribution in [2.75, 3.05) is 5.32 Å². The lowest BCUT2D eigenvalue weighted by Gasteiger charge is -2.26. The van der Waals surface area contributed by atoms with E-state index in [0.29, 0.717) is 11.3 Å². The van der Waals surface area contributed by atoms with Crippen molar-refractivity contribution in [1.82, 2.24) is 20.3 Å². The first-order chi connectivity index (χ1) is 10.8. The minimum absolute atomic E-state index is 0.117. The molecule has 2 heterocycles. The summed E-state index contributed by atoms with van der Waals surface area (Å²) in [6.07, 6.45) is 1.26. The van der Waals surface area contributed by atoms with Crippen LogP contribution in [0.5, 0.6) is 0 Å². The maximum atomic E-state index is 12.1. The molecule has 6 heteroatoms. The predicted molar refractivity (Wildman–Crippen MR) is 81.6 cm³/mol. The third kappa shape index (κ3) is 2.10. The van der Waals surface area contributed by atoms with Gasteiger partial charge in [0.05, 0.1) is 17.4 Å². The molecule has 1 aromatic heterocycles. The highest BCUT2D eigenvalue weighted by molar-refractivity contribution is 6.01. The molecule has 22 heavy (non-hydrogen) atoms. The smallest absolute Gasteiger partial charge is 0.255 e. The average molecular weight is 291 g/mol. The number of rotatable bonds is 2. The largest absolute Gasteiger partial charge is 0.360 e. The molecule has 1 unspecified atom stereocenters. The zero-order valence-corrected chi connectivity index (χ0v) is 11.6. The van der Waals surface area contributed by atoms with Gasteiger partial charge in [-0.2, -0.15) is 9.90 Å². The number of para-hydroxylation sites is 2. The first kappa shape index (κ1) is 12.6. The normalized spacial score (nSPS) is 16.5. The van der Waals surface area contributed by atoms with Crippen molar-refractivity contribution in [2.45, 2.75) is 6.17 Å². The molecule has 0 saturated carbocycles. The number of anilines is 1. The van der Waals surface area contributed by atoms with E-state index in [1.807, 2.05) is 48.5 Å². The van der Waals surface area contributed by atoms with Gasteiger partial charge in [-0.3, -0.25) is 4.79 Å². The van der Waals surface area contributed by atoms with Crippen molar-refractivity contribution < 1.29 is 4.79 Å². The molecule has 0 aliphatic carbocycles. The van der Waals surface area contributed by atoms with Crippen LogP contribution in [0.3, 0.4) is 0 Å². The molecule has 0 radical (unpaired) electrons. The Bertz CT molecular complexity index is 827. The summed E-state index contributed by atoms with van der Waals surface area (Å²) in [4.78, 5) is 13.7. The van der Waals surface area contributed by atoms with Crippen LogP contribution in [0.2, 0.25) is 0 Å². The van der Waals surface area contributed by atoms with Gasteiger partial charge in [0.15, 0.2) is 0 Å². The second-order valence-electron chi connectivity index (χ2n) is 4.99. The highest BCUT2D eigenvalue weighted by Gasteiger charge is 2.26. The number of carbonyl (C=O) groups excluding carboxylic acids is 1. The molecular weight excluding hydrogens is 278 g/mol. The first-order valence-electron chi connectivity index (χ1n) is 6.95. The summed E-state index contributed by atoms with van der Waals surface area (Å²) >= 11 is 0. The Labute approximate surface area is 126 Å². The van der Waals surface area contributed by atoms with Gasteiger partial charge in [-0.05, 0) is 24.3 Å². The molecule has 1 aliphatic heterocycles. The van der Waals surface area contributed by atoms with Gasteiger partial charge in [-0.1, -0.05) is 30.3 Å². The van der Waals surface area contributed by atoms with Gasteiger partial charge in [-0.25, -0.2) is 0 Å². The maximum absolute atomic E-state index is 12.1. The zero-order valence-electron chi connectivity index (χ0n) is 11.6. The number of amides is 1. The van der Waals surface area contributed by atoms with Crippen molar-refractivity contribution >= 4 is 11.6 Å². The first-order valence-corrected chi connectivity index (χ1v) is 6.95. The van der Waals surface area contributed by atoms with E-state index in [2.05, 4.69) is 20.8 Å². The number of hydrogen-bond donors (Lipinski definition) is 2. The number of nitrogens with one attached hydrogen (secondary N) is 2. The Hall–Kier alpha value is -3.15. The molecule has 0 bridgehead atoms. The summed E-state index contributed by atoms with van der Waals surface area (Å²) in [6.45, 7) is 0. The molecular formula is C16H13N5O. The molecule has 108 valence electrons. The topological polar surface area (TPSA) is 71.8 Å². The minimum Gasteiger partial charge on any atom is -0.360 e. The van der Waals surface area contributed by atoms with Crippen LogP contribution in [-0.4, -0.2) is 20.9 Å². The molecule has 1 amide bonds. The molecule has 3 aromatic rings. The number of nitrogens with zero attached hydrogens (tertiary/aromatic N) is 3. The van der Waals surface area contributed by atoms with Gasteiger partial charge in [0.2, 0.25) is 0 Å². The summed E-state index contributed by atoms with van der Waals surface area (Å²) in [5.41, 5.74) is 2.96. The van der Waals surface area contributed by atoms with Crippen molar-refractivity contribution in [2.24, 2.45) is 0 Å². The van der Waals surface area contributed by atoms with Crippen molar-refractivity contribution in [3.63, 3.8) is 0 Å². The van der Waals surface area contributed by atoms with Crippen LogP contribution in [0.1, 0.15) is 22.2 Å². The van der Waals surface area contributed by atoms with Gasteiger partial charge in [0, 0.05) is 5.69 Å². The molecule has 4 rings (SSSR count). The zero-order chi connectivity index (χ0) is 14.9. The van der Waals surface area contributed by atoms with Crippen molar-refractivity contribution in [1.29, 1.82) is 0 Å². The van der Waals surface area contributed by atoms with Crippen LogP contribution in [0.25, 0.3) is 5.69 Å². The average Bonchev–Trinajstić information content (AvgIpc) is 3.06. The van der Waals surface area contributed by atoms with E-state index in [-0.39, 0.29) is 12.1 Å². The van der Waals surface area contributed by atoms with E-state index in [0.717, 1.165) is 11.4 Å². The second-order valence-corrected chi connectivity index (χ2v) is 4.99. The quantitative estimate of drug-likeness (QED) is 0.758. The monoisotopic (exact) mass is 291 g/mol. The SMILES string of the molecule is O=C1NC(c2cnn(-c3ccccc3)n2)Nc2ccccc21. The standard InChI is InChI=1S/C16H13N5O/c22-16-12-8-4-5-9-13(12)18-15(19-16)14-10-17-21(20-14)11-6-2-1-3-7-11/h1-10,15,18H,(H,19,22). The third-order valence-corrected chi connectivity index (χ3v) is 3.54. The Kier molecular flexibility index (Phi) is 2.86.